The number of amides is 1. The van der Waals surface area contributed by atoms with Crippen molar-refractivity contribution in [1.82, 2.24) is 9.62 Å². The fourth-order valence-corrected chi connectivity index (χ4v) is 3.96. The van der Waals surface area contributed by atoms with Crippen LogP contribution in [-0.2, 0) is 14.8 Å². The molecule has 1 heterocycles. The largest absolute Gasteiger partial charge is 0.479 e. The molecule has 0 aliphatic carbocycles. The number of benzene rings is 1. The number of nitrogens with zero attached hydrogens (tertiary/aromatic N) is 2. The molecule has 0 saturated carbocycles. The molecule has 7 nitrogen and oxygen atoms in total. The summed E-state index contributed by atoms with van der Waals surface area (Å²) in [6, 6.07) is 8.92. The number of para-hydroxylation sites is 1. The Hall–Kier alpha value is -2.11. The Bertz CT molecular complexity index is 793. The van der Waals surface area contributed by atoms with E-state index in [1.165, 1.54) is 10.6 Å². The second kappa shape index (κ2) is 9.20. The van der Waals surface area contributed by atoms with Crippen molar-refractivity contribution >= 4 is 15.9 Å². The monoisotopic (exact) mass is 393 g/mol. The van der Waals surface area contributed by atoms with E-state index in [1.54, 1.807) is 24.3 Å². The van der Waals surface area contributed by atoms with Gasteiger partial charge in [-0.05, 0) is 36.8 Å². The molecule has 0 radical (unpaired) electrons. The summed E-state index contributed by atoms with van der Waals surface area (Å²) in [4.78, 5) is 12.6. The number of nitriles is 1. The minimum atomic E-state index is -3.15. The molecule has 1 amide bonds. The molecule has 1 aliphatic heterocycles. The molecular weight excluding hydrogens is 366 g/mol. The van der Waals surface area contributed by atoms with Crippen molar-refractivity contribution in [2.45, 2.75) is 32.8 Å². The third-order valence-electron chi connectivity index (χ3n) is 4.73. The summed E-state index contributed by atoms with van der Waals surface area (Å²) in [5.74, 6) is 0.355. The molecule has 1 N–H and O–H groups in total. The third kappa shape index (κ3) is 5.94. The lowest BCUT2D eigenvalue weighted by atomic mass is 9.97. The number of rotatable bonds is 7. The Kier molecular flexibility index (Phi) is 7.22. The Labute approximate surface area is 161 Å². The summed E-state index contributed by atoms with van der Waals surface area (Å²) >= 11 is 0. The molecule has 27 heavy (non-hydrogen) atoms. The number of sulfonamides is 1. The fourth-order valence-electron chi connectivity index (χ4n) is 3.08. The smallest absolute Gasteiger partial charge is 0.261 e. The van der Waals surface area contributed by atoms with Crippen molar-refractivity contribution in [2.24, 2.45) is 11.8 Å². The zero-order valence-electron chi connectivity index (χ0n) is 16.0. The van der Waals surface area contributed by atoms with Gasteiger partial charge in [0.2, 0.25) is 10.0 Å². The van der Waals surface area contributed by atoms with Crippen LogP contribution in [0, 0.1) is 23.2 Å². The zero-order chi connectivity index (χ0) is 20.0. The summed E-state index contributed by atoms with van der Waals surface area (Å²) in [6.07, 6.45) is 1.96. The molecule has 1 atom stereocenters. The molecule has 0 unspecified atom stereocenters. The van der Waals surface area contributed by atoms with E-state index in [-0.39, 0.29) is 17.7 Å². The maximum atomic E-state index is 12.6. The molecule has 1 aromatic carbocycles. The minimum absolute atomic E-state index is 0.0659. The number of ether oxygens (including phenoxy) is 1. The first-order chi connectivity index (χ1) is 12.7. The van der Waals surface area contributed by atoms with E-state index in [0.29, 0.717) is 30.9 Å². The van der Waals surface area contributed by atoms with Crippen LogP contribution in [0.3, 0.4) is 0 Å². The number of hydrogen-bond donors (Lipinski definition) is 1. The van der Waals surface area contributed by atoms with E-state index in [0.717, 1.165) is 12.8 Å². The van der Waals surface area contributed by atoms with E-state index in [2.05, 4.69) is 11.4 Å². The van der Waals surface area contributed by atoms with Crippen LogP contribution in [0.4, 0.5) is 0 Å². The molecule has 0 bridgehead atoms. The summed E-state index contributed by atoms with van der Waals surface area (Å²) in [6.45, 7) is 5.24. The Morgan fingerprint density at radius 1 is 1.33 bits per heavy atom. The SMILES string of the molecule is CC(C)[C@H](Oc1ccccc1C#N)C(=O)NCC1CCN(S(C)(=O)=O)CC1. The van der Waals surface area contributed by atoms with Crippen molar-refractivity contribution in [3.63, 3.8) is 0 Å². The Morgan fingerprint density at radius 2 is 1.96 bits per heavy atom. The number of carbonyl (C=O) groups excluding carboxylic acids is 1. The van der Waals surface area contributed by atoms with E-state index in [4.69, 9.17) is 4.74 Å². The lowest BCUT2D eigenvalue weighted by Gasteiger charge is -2.31. The minimum Gasteiger partial charge on any atom is -0.479 e. The van der Waals surface area contributed by atoms with Gasteiger partial charge in [-0.3, -0.25) is 4.79 Å². The van der Waals surface area contributed by atoms with Gasteiger partial charge < -0.3 is 10.1 Å². The average molecular weight is 394 g/mol. The van der Waals surface area contributed by atoms with Crippen molar-refractivity contribution < 1.29 is 17.9 Å². The highest BCUT2D eigenvalue weighted by Gasteiger charge is 2.28. The van der Waals surface area contributed by atoms with E-state index in [9.17, 15) is 18.5 Å². The van der Waals surface area contributed by atoms with Gasteiger partial charge in [0.05, 0.1) is 11.8 Å². The second-order valence-corrected chi connectivity index (χ2v) is 9.22. The predicted molar refractivity (Wildman–Crippen MR) is 103 cm³/mol. The van der Waals surface area contributed by atoms with Crippen molar-refractivity contribution in [3.8, 4) is 11.8 Å². The molecular formula is C19H27N3O4S. The van der Waals surface area contributed by atoms with Crippen LogP contribution in [-0.4, -0.2) is 50.6 Å². The van der Waals surface area contributed by atoms with Crippen LogP contribution in [0.5, 0.6) is 5.75 Å². The molecule has 2 rings (SSSR count). The number of carbonyl (C=O) groups is 1. The van der Waals surface area contributed by atoms with Gasteiger partial charge >= 0.3 is 0 Å². The highest BCUT2D eigenvalue weighted by Crippen LogP contribution is 2.22. The highest BCUT2D eigenvalue weighted by molar-refractivity contribution is 7.88. The van der Waals surface area contributed by atoms with Gasteiger partial charge in [0, 0.05) is 19.6 Å². The standard InChI is InChI=1S/C19H27N3O4S/c1-14(2)18(26-17-7-5-4-6-16(17)12-20)19(23)21-13-15-8-10-22(11-9-15)27(3,24)25/h4-7,14-15,18H,8-11,13H2,1-3H3,(H,21,23)/t18-/m0/s1. The summed E-state index contributed by atoms with van der Waals surface area (Å²) < 4.78 is 30.4. The van der Waals surface area contributed by atoms with Crippen molar-refractivity contribution in [3.05, 3.63) is 29.8 Å². The van der Waals surface area contributed by atoms with Gasteiger partial charge in [-0.2, -0.15) is 5.26 Å². The van der Waals surface area contributed by atoms with Crippen molar-refractivity contribution in [1.29, 1.82) is 5.26 Å². The normalized spacial score (nSPS) is 17.3. The number of nitrogens with one attached hydrogen (secondary N) is 1. The topological polar surface area (TPSA) is 99.5 Å². The van der Waals surface area contributed by atoms with Crippen LogP contribution in [0.15, 0.2) is 24.3 Å². The molecule has 1 saturated heterocycles. The first kappa shape index (κ1) is 21.2. The lowest BCUT2D eigenvalue weighted by Crippen LogP contribution is -2.45. The first-order valence-electron chi connectivity index (χ1n) is 9.11. The molecule has 0 aromatic heterocycles. The fraction of sp³-hybridized carbons (Fsp3) is 0.579. The van der Waals surface area contributed by atoms with E-state index < -0.39 is 16.1 Å². The molecule has 8 heteroatoms. The Morgan fingerprint density at radius 3 is 2.52 bits per heavy atom. The zero-order valence-corrected chi connectivity index (χ0v) is 16.8. The van der Waals surface area contributed by atoms with Crippen LogP contribution in [0.2, 0.25) is 0 Å². The van der Waals surface area contributed by atoms with Crippen molar-refractivity contribution in [2.75, 3.05) is 25.9 Å². The van der Waals surface area contributed by atoms with Crippen LogP contribution < -0.4 is 10.1 Å². The van der Waals surface area contributed by atoms with Gasteiger partial charge in [-0.15, -0.1) is 0 Å². The maximum Gasteiger partial charge on any atom is 0.261 e. The van der Waals surface area contributed by atoms with Gasteiger partial charge in [-0.25, -0.2) is 12.7 Å². The Balaban J connectivity index is 1.92. The number of piperidine rings is 1. The molecule has 1 fully saturated rings. The number of hydrogen-bond acceptors (Lipinski definition) is 5. The van der Waals surface area contributed by atoms with E-state index >= 15 is 0 Å². The maximum absolute atomic E-state index is 12.6. The van der Waals surface area contributed by atoms with Crippen LogP contribution in [0.25, 0.3) is 0 Å². The highest BCUT2D eigenvalue weighted by atomic mass is 32.2. The summed E-state index contributed by atoms with van der Waals surface area (Å²) in [5, 5.41) is 12.1. The predicted octanol–water partition coefficient (Wildman–Crippen LogP) is 1.75. The molecule has 148 valence electrons. The molecule has 1 aromatic rings. The van der Waals surface area contributed by atoms with Crippen LogP contribution >= 0.6 is 0 Å². The first-order valence-corrected chi connectivity index (χ1v) is 11.0. The second-order valence-electron chi connectivity index (χ2n) is 7.24. The third-order valence-corrected chi connectivity index (χ3v) is 6.04. The van der Waals surface area contributed by atoms with Gasteiger partial charge in [0.15, 0.2) is 6.10 Å². The van der Waals surface area contributed by atoms with Gasteiger partial charge in [0.25, 0.3) is 5.91 Å². The van der Waals surface area contributed by atoms with E-state index in [1.807, 2.05) is 13.8 Å². The average Bonchev–Trinajstić information content (AvgIpc) is 2.63. The lowest BCUT2D eigenvalue weighted by molar-refractivity contribution is -0.130. The molecule has 1 aliphatic rings. The van der Waals surface area contributed by atoms with Gasteiger partial charge in [-0.1, -0.05) is 26.0 Å². The summed E-state index contributed by atoms with van der Waals surface area (Å²) in [5.41, 5.74) is 0.393. The summed E-state index contributed by atoms with van der Waals surface area (Å²) in [7, 11) is -3.15. The quantitative estimate of drug-likeness (QED) is 0.761. The van der Waals surface area contributed by atoms with Crippen LogP contribution in [0.1, 0.15) is 32.3 Å². The molecule has 0 spiro atoms. The van der Waals surface area contributed by atoms with Gasteiger partial charge in [0.1, 0.15) is 11.8 Å².